The third kappa shape index (κ3) is 2.38. The van der Waals surface area contributed by atoms with Crippen LogP contribution in [0.4, 0.5) is 4.79 Å². The molecule has 0 aromatic carbocycles. The zero-order valence-electron chi connectivity index (χ0n) is 12.1. The molecule has 20 heavy (non-hydrogen) atoms. The lowest BCUT2D eigenvalue weighted by molar-refractivity contribution is -0.146. The van der Waals surface area contributed by atoms with Crippen LogP contribution in [-0.4, -0.2) is 41.6 Å². The smallest absolute Gasteiger partial charge is 0.317 e. The fourth-order valence-corrected chi connectivity index (χ4v) is 4.27. The number of rotatable bonds is 3. The Bertz CT molecular complexity index is 425. The number of amides is 2. The number of hydrogen-bond acceptors (Lipinski definition) is 2. The molecule has 0 spiro atoms. The summed E-state index contributed by atoms with van der Waals surface area (Å²) in [5.74, 6) is 1.54. The van der Waals surface area contributed by atoms with Crippen LogP contribution in [0, 0.1) is 23.2 Å². The standard InChI is InChI=1S/C15H24N2O3/c1-15(13(18)19)4-5-17(9-15)14(20)16-8-12-7-10-2-3-11(12)6-10/h10-12H,2-9H2,1H3,(H,16,20)(H,18,19). The highest BCUT2D eigenvalue weighted by molar-refractivity contribution is 5.79. The summed E-state index contributed by atoms with van der Waals surface area (Å²) in [4.78, 5) is 25.0. The molecule has 1 saturated heterocycles. The average molecular weight is 280 g/mol. The molecule has 1 aliphatic heterocycles. The lowest BCUT2D eigenvalue weighted by Gasteiger charge is -2.24. The van der Waals surface area contributed by atoms with Gasteiger partial charge in [0.1, 0.15) is 0 Å². The summed E-state index contributed by atoms with van der Waals surface area (Å²) in [5, 5.41) is 12.2. The third-order valence-electron chi connectivity index (χ3n) is 5.68. The fourth-order valence-electron chi connectivity index (χ4n) is 4.27. The molecule has 0 aromatic rings. The molecule has 1 heterocycles. The number of fused-ring (bicyclic) bond motifs is 2. The Balaban J connectivity index is 1.47. The van der Waals surface area contributed by atoms with Crippen molar-refractivity contribution in [2.75, 3.05) is 19.6 Å². The van der Waals surface area contributed by atoms with E-state index in [2.05, 4.69) is 5.32 Å². The molecule has 3 fully saturated rings. The van der Waals surface area contributed by atoms with Crippen molar-refractivity contribution < 1.29 is 14.7 Å². The van der Waals surface area contributed by atoms with Gasteiger partial charge in [-0.3, -0.25) is 4.79 Å². The number of urea groups is 1. The zero-order chi connectivity index (χ0) is 14.3. The second-order valence-electron chi connectivity index (χ2n) is 7.16. The highest BCUT2D eigenvalue weighted by Gasteiger charge is 2.43. The summed E-state index contributed by atoms with van der Waals surface area (Å²) in [6.07, 6.45) is 5.85. The Morgan fingerprint density at radius 3 is 2.70 bits per heavy atom. The van der Waals surface area contributed by atoms with E-state index in [4.69, 9.17) is 0 Å². The summed E-state index contributed by atoms with van der Waals surface area (Å²) in [7, 11) is 0. The first-order chi connectivity index (χ1) is 9.48. The molecule has 5 nitrogen and oxygen atoms in total. The molecule has 2 amide bonds. The Kier molecular flexibility index (Phi) is 3.38. The van der Waals surface area contributed by atoms with Crippen LogP contribution in [0.15, 0.2) is 0 Å². The Hall–Kier alpha value is -1.26. The zero-order valence-corrected chi connectivity index (χ0v) is 12.1. The maximum absolute atomic E-state index is 12.1. The predicted molar refractivity (Wildman–Crippen MR) is 74.3 cm³/mol. The lowest BCUT2D eigenvalue weighted by atomic mass is 9.89. The van der Waals surface area contributed by atoms with Crippen molar-refractivity contribution >= 4 is 12.0 Å². The molecule has 4 atom stereocenters. The number of carboxylic acids is 1. The number of aliphatic carboxylic acids is 1. The number of carbonyl (C=O) groups excluding carboxylic acids is 1. The van der Waals surface area contributed by atoms with Crippen molar-refractivity contribution in [3.8, 4) is 0 Å². The van der Waals surface area contributed by atoms with Crippen LogP contribution in [0.3, 0.4) is 0 Å². The molecule has 2 saturated carbocycles. The molecule has 112 valence electrons. The van der Waals surface area contributed by atoms with Gasteiger partial charge in [-0.1, -0.05) is 6.42 Å². The van der Waals surface area contributed by atoms with Crippen molar-refractivity contribution in [2.45, 2.75) is 39.0 Å². The van der Waals surface area contributed by atoms with E-state index in [1.807, 2.05) is 0 Å². The van der Waals surface area contributed by atoms with Crippen molar-refractivity contribution in [3.05, 3.63) is 0 Å². The Morgan fingerprint density at radius 1 is 1.35 bits per heavy atom. The molecular weight excluding hydrogens is 256 g/mol. The van der Waals surface area contributed by atoms with E-state index >= 15 is 0 Å². The van der Waals surface area contributed by atoms with E-state index in [0.717, 1.165) is 18.4 Å². The van der Waals surface area contributed by atoms with Crippen molar-refractivity contribution in [2.24, 2.45) is 23.2 Å². The molecule has 2 bridgehead atoms. The molecule has 3 aliphatic rings. The second-order valence-corrected chi connectivity index (χ2v) is 7.16. The minimum absolute atomic E-state index is 0.0854. The normalized spacial score (nSPS) is 39.2. The van der Waals surface area contributed by atoms with Gasteiger partial charge in [0, 0.05) is 19.6 Å². The molecule has 0 radical (unpaired) electrons. The van der Waals surface area contributed by atoms with E-state index in [9.17, 15) is 14.7 Å². The number of nitrogens with one attached hydrogen (secondary N) is 1. The first-order valence-electron chi connectivity index (χ1n) is 7.74. The quantitative estimate of drug-likeness (QED) is 0.830. The topological polar surface area (TPSA) is 69.6 Å². The molecule has 0 aromatic heterocycles. The average Bonchev–Trinajstić information content (AvgIpc) is 3.11. The lowest BCUT2D eigenvalue weighted by Crippen LogP contribution is -2.43. The SMILES string of the molecule is CC1(C(=O)O)CCN(C(=O)NCC2CC3CCC2C3)C1. The van der Waals surface area contributed by atoms with Gasteiger partial charge in [0.25, 0.3) is 0 Å². The molecule has 5 heteroatoms. The van der Waals surface area contributed by atoms with Crippen LogP contribution >= 0.6 is 0 Å². The van der Waals surface area contributed by atoms with Gasteiger partial charge in [-0.2, -0.15) is 0 Å². The van der Waals surface area contributed by atoms with Crippen molar-refractivity contribution in [3.63, 3.8) is 0 Å². The number of nitrogens with zero attached hydrogens (tertiary/aromatic N) is 1. The van der Waals surface area contributed by atoms with E-state index in [-0.39, 0.29) is 6.03 Å². The number of carboxylic acid groups (broad SMARTS) is 1. The highest BCUT2D eigenvalue weighted by atomic mass is 16.4. The van der Waals surface area contributed by atoms with Gasteiger partial charge < -0.3 is 15.3 Å². The Labute approximate surface area is 119 Å². The van der Waals surface area contributed by atoms with Gasteiger partial charge in [-0.05, 0) is 50.4 Å². The van der Waals surface area contributed by atoms with E-state index in [1.54, 1.807) is 11.8 Å². The van der Waals surface area contributed by atoms with Crippen LogP contribution in [0.1, 0.15) is 39.0 Å². The van der Waals surface area contributed by atoms with Crippen LogP contribution in [0.2, 0.25) is 0 Å². The number of hydrogen-bond donors (Lipinski definition) is 2. The fraction of sp³-hybridized carbons (Fsp3) is 0.867. The number of carbonyl (C=O) groups is 2. The maximum atomic E-state index is 12.1. The largest absolute Gasteiger partial charge is 0.481 e. The first kappa shape index (κ1) is 13.7. The summed E-state index contributed by atoms with van der Waals surface area (Å²) in [6.45, 7) is 3.36. The second kappa shape index (κ2) is 4.93. The molecular formula is C15H24N2O3. The summed E-state index contributed by atoms with van der Waals surface area (Å²) < 4.78 is 0. The van der Waals surface area contributed by atoms with E-state index < -0.39 is 11.4 Å². The monoisotopic (exact) mass is 280 g/mol. The summed E-state index contributed by atoms with van der Waals surface area (Å²) >= 11 is 0. The molecule has 4 unspecified atom stereocenters. The molecule has 2 aliphatic carbocycles. The van der Waals surface area contributed by atoms with E-state index in [1.165, 1.54) is 25.7 Å². The first-order valence-corrected chi connectivity index (χ1v) is 7.74. The van der Waals surface area contributed by atoms with Gasteiger partial charge in [0.2, 0.25) is 0 Å². The van der Waals surface area contributed by atoms with Gasteiger partial charge in [0.05, 0.1) is 5.41 Å². The van der Waals surface area contributed by atoms with Crippen molar-refractivity contribution in [1.82, 2.24) is 10.2 Å². The number of likely N-dealkylation sites (tertiary alicyclic amines) is 1. The van der Waals surface area contributed by atoms with Gasteiger partial charge in [-0.15, -0.1) is 0 Å². The van der Waals surface area contributed by atoms with E-state index in [0.29, 0.717) is 25.4 Å². The molecule has 2 N–H and O–H groups in total. The summed E-state index contributed by atoms with van der Waals surface area (Å²) in [6, 6.07) is -0.0854. The maximum Gasteiger partial charge on any atom is 0.317 e. The van der Waals surface area contributed by atoms with Gasteiger partial charge in [-0.25, -0.2) is 4.79 Å². The highest BCUT2D eigenvalue weighted by Crippen LogP contribution is 2.47. The van der Waals surface area contributed by atoms with Crippen LogP contribution in [-0.2, 0) is 4.79 Å². The minimum Gasteiger partial charge on any atom is -0.481 e. The predicted octanol–water partition coefficient (Wildman–Crippen LogP) is 1.93. The van der Waals surface area contributed by atoms with Crippen LogP contribution in [0.5, 0.6) is 0 Å². The van der Waals surface area contributed by atoms with Crippen molar-refractivity contribution in [1.29, 1.82) is 0 Å². The van der Waals surface area contributed by atoms with Gasteiger partial charge in [0.15, 0.2) is 0 Å². The Morgan fingerprint density at radius 2 is 2.15 bits per heavy atom. The van der Waals surface area contributed by atoms with Gasteiger partial charge >= 0.3 is 12.0 Å². The molecule has 3 rings (SSSR count). The minimum atomic E-state index is -0.805. The third-order valence-corrected chi connectivity index (χ3v) is 5.68. The van der Waals surface area contributed by atoms with Crippen LogP contribution in [0.25, 0.3) is 0 Å². The van der Waals surface area contributed by atoms with Crippen LogP contribution < -0.4 is 5.32 Å². The summed E-state index contributed by atoms with van der Waals surface area (Å²) in [5.41, 5.74) is -0.774.